The Balaban J connectivity index is 1.85. The molecule has 0 amide bonds. The summed E-state index contributed by atoms with van der Waals surface area (Å²) in [6.45, 7) is 1.13. The van der Waals surface area contributed by atoms with E-state index in [1.807, 2.05) is 6.07 Å². The molecule has 0 saturated carbocycles. The van der Waals surface area contributed by atoms with Gasteiger partial charge in [-0.15, -0.1) is 0 Å². The molecule has 18 heavy (non-hydrogen) atoms. The molecular weight excluding hydrogens is 230 g/mol. The maximum absolute atomic E-state index is 9.75. The van der Waals surface area contributed by atoms with Crippen molar-refractivity contribution in [1.82, 2.24) is 5.32 Å². The number of rotatable bonds is 6. The number of nitrogens with one attached hydrogen (secondary N) is 1. The molecular formula is C14H21NO3. The number of benzene rings is 1. The van der Waals surface area contributed by atoms with Gasteiger partial charge >= 0.3 is 0 Å². The van der Waals surface area contributed by atoms with Gasteiger partial charge in [-0.25, -0.2) is 0 Å². The summed E-state index contributed by atoms with van der Waals surface area (Å²) in [6.07, 6.45) is 2.19. The summed E-state index contributed by atoms with van der Waals surface area (Å²) >= 11 is 0. The van der Waals surface area contributed by atoms with Gasteiger partial charge in [0.1, 0.15) is 5.75 Å². The molecule has 3 N–H and O–H groups in total. The van der Waals surface area contributed by atoms with E-state index >= 15 is 0 Å². The van der Waals surface area contributed by atoms with E-state index in [4.69, 9.17) is 4.74 Å². The van der Waals surface area contributed by atoms with E-state index in [0.29, 0.717) is 24.8 Å². The molecule has 0 spiro atoms. The number of hydrogen-bond acceptors (Lipinski definition) is 4. The third kappa shape index (κ3) is 3.02. The number of aromatic hydroxyl groups is 1. The SMILES string of the molecule is COCC(O)CCNC1CCc2c(O)cccc21. The van der Waals surface area contributed by atoms with E-state index in [2.05, 4.69) is 11.4 Å². The van der Waals surface area contributed by atoms with Crippen molar-refractivity contribution in [3.8, 4) is 5.75 Å². The second-order valence-electron chi connectivity index (χ2n) is 4.79. The first-order valence-electron chi connectivity index (χ1n) is 6.43. The van der Waals surface area contributed by atoms with Crippen LogP contribution >= 0.6 is 0 Å². The van der Waals surface area contributed by atoms with Crippen LogP contribution < -0.4 is 5.32 Å². The lowest BCUT2D eigenvalue weighted by Gasteiger charge is -2.16. The predicted molar refractivity (Wildman–Crippen MR) is 69.7 cm³/mol. The fourth-order valence-electron chi connectivity index (χ4n) is 2.55. The number of aliphatic hydroxyl groups is 1. The van der Waals surface area contributed by atoms with E-state index in [1.165, 1.54) is 5.56 Å². The molecule has 4 nitrogen and oxygen atoms in total. The van der Waals surface area contributed by atoms with Crippen molar-refractivity contribution < 1.29 is 14.9 Å². The van der Waals surface area contributed by atoms with Crippen LogP contribution in [0.1, 0.15) is 30.0 Å². The number of ether oxygens (including phenoxy) is 1. The normalized spacial score (nSPS) is 19.8. The molecule has 1 aromatic rings. The molecule has 1 aliphatic rings. The Hall–Kier alpha value is -1.10. The first kappa shape index (κ1) is 13.3. The van der Waals surface area contributed by atoms with Gasteiger partial charge in [-0.05, 0) is 43.0 Å². The van der Waals surface area contributed by atoms with Gasteiger partial charge in [0.15, 0.2) is 0 Å². The molecule has 0 saturated heterocycles. The lowest BCUT2D eigenvalue weighted by Crippen LogP contribution is -2.25. The lowest BCUT2D eigenvalue weighted by molar-refractivity contribution is 0.0590. The third-order valence-electron chi connectivity index (χ3n) is 3.47. The van der Waals surface area contributed by atoms with Gasteiger partial charge in [-0.3, -0.25) is 0 Å². The molecule has 0 aromatic heterocycles. The molecule has 2 rings (SSSR count). The fourth-order valence-corrected chi connectivity index (χ4v) is 2.55. The lowest BCUT2D eigenvalue weighted by atomic mass is 10.1. The van der Waals surface area contributed by atoms with E-state index in [1.54, 1.807) is 13.2 Å². The number of phenols is 1. The largest absolute Gasteiger partial charge is 0.508 e. The Morgan fingerprint density at radius 1 is 1.50 bits per heavy atom. The summed E-state index contributed by atoms with van der Waals surface area (Å²) < 4.78 is 4.89. The number of aliphatic hydroxyl groups excluding tert-OH is 1. The van der Waals surface area contributed by atoms with Gasteiger partial charge in [0, 0.05) is 13.2 Å². The van der Waals surface area contributed by atoms with Crippen LogP contribution in [0.15, 0.2) is 18.2 Å². The average Bonchev–Trinajstić information content (AvgIpc) is 2.75. The highest BCUT2D eigenvalue weighted by molar-refractivity contribution is 5.44. The zero-order chi connectivity index (χ0) is 13.0. The number of fused-ring (bicyclic) bond motifs is 1. The van der Waals surface area contributed by atoms with Gasteiger partial charge < -0.3 is 20.3 Å². The van der Waals surface area contributed by atoms with Crippen molar-refractivity contribution in [2.45, 2.75) is 31.4 Å². The van der Waals surface area contributed by atoms with Crippen LogP contribution in [-0.2, 0) is 11.2 Å². The highest BCUT2D eigenvalue weighted by Crippen LogP contribution is 2.36. The molecule has 100 valence electrons. The zero-order valence-corrected chi connectivity index (χ0v) is 10.7. The molecule has 1 aromatic carbocycles. The number of phenolic OH excluding ortho intramolecular Hbond substituents is 1. The highest BCUT2D eigenvalue weighted by Gasteiger charge is 2.23. The molecule has 1 aliphatic carbocycles. The number of hydrogen-bond donors (Lipinski definition) is 3. The van der Waals surface area contributed by atoms with E-state index in [9.17, 15) is 10.2 Å². The molecule has 2 atom stereocenters. The second kappa shape index (κ2) is 6.18. The van der Waals surface area contributed by atoms with Crippen molar-refractivity contribution in [2.75, 3.05) is 20.3 Å². The summed E-state index contributed by atoms with van der Waals surface area (Å²) in [5.41, 5.74) is 2.25. The predicted octanol–water partition coefficient (Wildman–Crippen LogP) is 1.37. The average molecular weight is 251 g/mol. The quantitative estimate of drug-likeness (QED) is 0.714. The molecule has 0 heterocycles. The van der Waals surface area contributed by atoms with E-state index in [-0.39, 0.29) is 0 Å². The van der Waals surface area contributed by atoms with Gasteiger partial charge in [0.05, 0.1) is 12.7 Å². The van der Waals surface area contributed by atoms with Crippen molar-refractivity contribution in [2.24, 2.45) is 0 Å². The molecule has 0 aliphatic heterocycles. The van der Waals surface area contributed by atoms with Crippen molar-refractivity contribution >= 4 is 0 Å². The summed E-state index contributed by atoms with van der Waals surface area (Å²) in [5, 5.41) is 22.7. The summed E-state index contributed by atoms with van der Waals surface area (Å²) in [5.74, 6) is 0.399. The summed E-state index contributed by atoms with van der Waals surface area (Å²) in [7, 11) is 1.59. The zero-order valence-electron chi connectivity index (χ0n) is 10.7. The van der Waals surface area contributed by atoms with Crippen molar-refractivity contribution in [1.29, 1.82) is 0 Å². The second-order valence-corrected chi connectivity index (χ2v) is 4.79. The van der Waals surface area contributed by atoms with Crippen LogP contribution in [0, 0.1) is 0 Å². The molecule has 0 radical (unpaired) electrons. The smallest absolute Gasteiger partial charge is 0.119 e. The monoisotopic (exact) mass is 251 g/mol. The van der Waals surface area contributed by atoms with E-state index < -0.39 is 6.10 Å². The van der Waals surface area contributed by atoms with Crippen molar-refractivity contribution in [3.63, 3.8) is 0 Å². The van der Waals surface area contributed by atoms with Crippen molar-refractivity contribution in [3.05, 3.63) is 29.3 Å². The first-order chi connectivity index (χ1) is 8.72. The maximum atomic E-state index is 9.75. The van der Waals surface area contributed by atoms with Crippen LogP contribution in [-0.4, -0.2) is 36.6 Å². The Bertz CT molecular complexity index is 395. The van der Waals surface area contributed by atoms with Gasteiger partial charge in [-0.1, -0.05) is 12.1 Å². The Labute approximate surface area is 108 Å². The third-order valence-corrected chi connectivity index (χ3v) is 3.47. The maximum Gasteiger partial charge on any atom is 0.119 e. The minimum Gasteiger partial charge on any atom is -0.508 e. The Morgan fingerprint density at radius 2 is 2.33 bits per heavy atom. The van der Waals surface area contributed by atoms with Crippen LogP contribution in [0.25, 0.3) is 0 Å². The number of methoxy groups -OCH3 is 1. The van der Waals surface area contributed by atoms with Gasteiger partial charge in [-0.2, -0.15) is 0 Å². The molecule has 0 bridgehead atoms. The molecule has 4 heteroatoms. The highest BCUT2D eigenvalue weighted by atomic mass is 16.5. The van der Waals surface area contributed by atoms with Gasteiger partial charge in [0.25, 0.3) is 0 Å². The van der Waals surface area contributed by atoms with Crippen LogP contribution in [0.5, 0.6) is 5.75 Å². The van der Waals surface area contributed by atoms with Crippen LogP contribution in [0.2, 0.25) is 0 Å². The minimum absolute atomic E-state index is 0.293. The first-order valence-corrected chi connectivity index (χ1v) is 6.43. The van der Waals surface area contributed by atoms with Crippen LogP contribution in [0.4, 0.5) is 0 Å². The van der Waals surface area contributed by atoms with Gasteiger partial charge in [0.2, 0.25) is 0 Å². The van der Waals surface area contributed by atoms with Crippen LogP contribution in [0.3, 0.4) is 0 Å². The van der Waals surface area contributed by atoms with E-state index in [0.717, 1.165) is 24.9 Å². The molecule has 2 unspecified atom stereocenters. The fraction of sp³-hybridized carbons (Fsp3) is 0.571. The Kier molecular flexibility index (Phi) is 4.58. The standard InChI is InChI=1S/C14H21NO3/c1-18-9-10(16)7-8-15-13-6-5-12-11(13)3-2-4-14(12)17/h2-4,10,13,15-17H,5-9H2,1H3. The molecule has 0 fully saturated rings. The summed E-state index contributed by atoms with van der Waals surface area (Å²) in [6, 6.07) is 5.98. The topological polar surface area (TPSA) is 61.7 Å². The minimum atomic E-state index is -0.410. The summed E-state index contributed by atoms with van der Waals surface area (Å²) in [4.78, 5) is 0. The Morgan fingerprint density at radius 3 is 3.11 bits per heavy atom.